The van der Waals surface area contributed by atoms with Gasteiger partial charge in [-0.15, -0.1) is 5.10 Å². The Bertz CT molecular complexity index is 1760. The van der Waals surface area contributed by atoms with Crippen LogP contribution in [0.3, 0.4) is 0 Å². The van der Waals surface area contributed by atoms with Crippen molar-refractivity contribution in [2.24, 2.45) is 0 Å². The minimum Gasteiger partial charge on any atom is -0.377 e. The van der Waals surface area contributed by atoms with E-state index in [1.54, 1.807) is 29.1 Å². The molecule has 2 N–H and O–H groups in total. The first-order valence-electron chi connectivity index (χ1n) is 13.8. The zero-order valence-electron chi connectivity index (χ0n) is 24.3. The molecule has 0 fully saturated rings. The van der Waals surface area contributed by atoms with Crippen molar-refractivity contribution in [2.45, 2.75) is 51.7 Å². The highest BCUT2D eigenvalue weighted by Gasteiger charge is 2.23. The quantitative estimate of drug-likeness (QED) is 0.197. The van der Waals surface area contributed by atoms with Crippen LogP contribution in [0.15, 0.2) is 79.1 Å². The Morgan fingerprint density at radius 3 is 2.44 bits per heavy atom. The molecule has 0 aliphatic heterocycles. The zero-order valence-corrected chi connectivity index (χ0v) is 24.0. The molecule has 0 saturated carbocycles. The highest BCUT2D eigenvalue weighted by Crippen LogP contribution is 2.37. The van der Waals surface area contributed by atoms with Gasteiger partial charge in [0.25, 0.3) is 0 Å². The largest absolute Gasteiger partial charge is 0.377 e. The summed E-state index contributed by atoms with van der Waals surface area (Å²) in [6, 6.07) is 19.7. The minimum absolute atomic E-state index is 0.0683. The van der Waals surface area contributed by atoms with Crippen molar-refractivity contribution < 1.29 is 5.76 Å². The maximum absolute atomic E-state index is 13.9. The van der Waals surface area contributed by atoms with Crippen LogP contribution < -0.4 is 10.6 Å². The van der Waals surface area contributed by atoms with E-state index in [0.29, 0.717) is 44.1 Å². The third-order valence-electron chi connectivity index (χ3n) is 6.81. The number of hydrogen-bond acceptors (Lipinski definition) is 6. The van der Waals surface area contributed by atoms with Gasteiger partial charge in [0, 0.05) is 17.3 Å². The maximum atomic E-state index is 13.9. The fraction of sp³-hybridized carbons (Fsp3) is 0.250. The van der Waals surface area contributed by atoms with Crippen LogP contribution in [0.2, 0.25) is 5.02 Å². The van der Waals surface area contributed by atoms with Crippen LogP contribution in [0.4, 0.5) is 15.8 Å². The lowest BCUT2D eigenvalue weighted by Crippen LogP contribution is -2.22. The summed E-state index contributed by atoms with van der Waals surface area (Å²) in [5.74, 6) is -0.414. The summed E-state index contributed by atoms with van der Waals surface area (Å²) in [6.45, 7) is 8.03. The number of rotatable bonds is 8. The summed E-state index contributed by atoms with van der Waals surface area (Å²) in [5.41, 5.74) is 3.46. The van der Waals surface area contributed by atoms with Crippen LogP contribution in [0, 0.1) is 17.1 Å². The topological polar surface area (TPSA) is 91.5 Å². The minimum atomic E-state index is -1.65. The van der Waals surface area contributed by atoms with Gasteiger partial charge in [-0.3, -0.25) is 4.98 Å². The Morgan fingerprint density at radius 1 is 1.07 bits per heavy atom. The Balaban J connectivity index is 1.64. The van der Waals surface area contributed by atoms with Crippen LogP contribution in [0.5, 0.6) is 0 Å². The number of nitriles is 1. The van der Waals surface area contributed by atoms with E-state index in [2.05, 4.69) is 38.9 Å². The van der Waals surface area contributed by atoms with Crippen molar-refractivity contribution in [1.29, 1.82) is 5.26 Å². The average molecular weight is 569 g/mol. The Kier molecular flexibility index (Phi) is 7.53. The van der Waals surface area contributed by atoms with Gasteiger partial charge in [0.05, 0.1) is 47.0 Å². The van der Waals surface area contributed by atoms with Crippen molar-refractivity contribution >= 4 is 33.9 Å². The number of aromatic nitrogens is 4. The lowest BCUT2D eigenvalue weighted by atomic mass is 10.0. The van der Waals surface area contributed by atoms with Crippen LogP contribution >= 0.6 is 11.6 Å². The highest BCUT2D eigenvalue weighted by molar-refractivity contribution is 6.35. The Labute approximate surface area is 245 Å². The van der Waals surface area contributed by atoms with Crippen LogP contribution in [-0.2, 0) is 5.54 Å². The molecule has 0 bridgehead atoms. The second-order valence-corrected chi connectivity index (χ2v) is 11.2. The number of nitrogens with zero attached hydrogens (tertiary/aromatic N) is 5. The van der Waals surface area contributed by atoms with Gasteiger partial charge in [-0.2, -0.15) is 5.26 Å². The molecule has 0 radical (unpaired) electrons. The number of halogens is 2. The molecule has 41 heavy (non-hydrogen) atoms. The monoisotopic (exact) mass is 568 g/mol. The van der Waals surface area contributed by atoms with Gasteiger partial charge in [-0.05, 0) is 62.6 Å². The lowest BCUT2D eigenvalue weighted by molar-refractivity contribution is 0.347. The lowest BCUT2D eigenvalue weighted by Gasteiger charge is -2.23. The van der Waals surface area contributed by atoms with Gasteiger partial charge >= 0.3 is 0 Å². The Morgan fingerprint density at radius 2 is 1.80 bits per heavy atom. The predicted molar refractivity (Wildman–Crippen MR) is 161 cm³/mol. The van der Waals surface area contributed by atoms with Gasteiger partial charge in [0.2, 0.25) is 0 Å². The van der Waals surface area contributed by atoms with Crippen molar-refractivity contribution in [3.63, 3.8) is 0 Å². The molecule has 208 valence electrons. The SMILES string of the molecule is [2H][C@](Nc1cc(Cl)c2ncc(C#N)c(N[C@H](CC)c3ccccc3)c2c1)(c1ccc(F)cc1)c1cn(C(C)(C)C)nn1. The maximum Gasteiger partial charge on any atom is 0.123 e. The summed E-state index contributed by atoms with van der Waals surface area (Å²) in [6.07, 6.45) is 3.99. The van der Waals surface area contributed by atoms with E-state index in [9.17, 15) is 11.0 Å². The van der Waals surface area contributed by atoms with Gasteiger partial charge in [0.15, 0.2) is 0 Å². The molecule has 5 rings (SSSR count). The normalized spacial score (nSPS) is 14.1. The van der Waals surface area contributed by atoms with Gasteiger partial charge in [-0.25, -0.2) is 9.07 Å². The summed E-state index contributed by atoms with van der Waals surface area (Å²) < 4.78 is 25.2. The Hall–Kier alpha value is -4.48. The van der Waals surface area contributed by atoms with E-state index in [1.807, 2.05) is 57.2 Å². The van der Waals surface area contributed by atoms with Crippen molar-refractivity contribution in [3.05, 3.63) is 112 Å². The van der Waals surface area contributed by atoms with Gasteiger partial charge < -0.3 is 10.6 Å². The van der Waals surface area contributed by atoms with E-state index >= 15 is 0 Å². The second kappa shape index (κ2) is 11.6. The van der Waals surface area contributed by atoms with Crippen LogP contribution in [-0.4, -0.2) is 20.0 Å². The predicted octanol–water partition coefficient (Wildman–Crippen LogP) is 8.01. The van der Waals surface area contributed by atoms with E-state index in [0.717, 1.165) is 12.0 Å². The molecule has 0 aliphatic rings. The molecule has 0 saturated heterocycles. The number of hydrogen-bond donors (Lipinski definition) is 2. The third-order valence-corrected chi connectivity index (χ3v) is 7.10. The standard InChI is InChI=1S/C32H31ClFN7/c1-5-27(20-9-7-6-8-10-20)38-29-22(17-35)18-36-31-25(29)15-24(16-26(31)33)37-30(21-11-13-23(34)14-12-21)28-19-41(40-39-28)32(2,3)4/h6-16,18-19,27,30,37H,5H2,1-4H3,(H,36,38)/t27-,30+/m1/s1/i30D. The fourth-order valence-electron chi connectivity index (χ4n) is 4.60. The number of pyridine rings is 1. The summed E-state index contributed by atoms with van der Waals surface area (Å²) in [5, 5.41) is 26.4. The molecule has 2 atom stereocenters. The number of nitrogens with one attached hydrogen (secondary N) is 2. The first-order chi connectivity index (χ1) is 20.0. The summed E-state index contributed by atoms with van der Waals surface area (Å²) >= 11 is 6.77. The molecule has 5 aromatic rings. The molecule has 0 unspecified atom stereocenters. The highest BCUT2D eigenvalue weighted by atomic mass is 35.5. The molecule has 0 spiro atoms. The third kappa shape index (κ3) is 6.01. The number of anilines is 2. The fourth-order valence-corrected chi connectivity index (χ4v) is 4.87. The molecule has 2 aromatic heterocycles. The molecular formula is C32H31ClFN7. The first-order valence-corrected chi connectivity index (χ1v) is 13.7. The van der Waals surface area contributed by atoms with Gasteiger partial charge in [0.1, 0.15) is 17.6 Å². The van der Waals surface area contributed by atoms with Gasteiger partial charge in [-0.1, -0.05) is 66.2 Å². The molecule has 7 nitrogen and oxygen atoms in total. The van der Waals surface area contributed by atoms with Crippen LogP contribution in [0.1, 0.15) is 69.9 Å². The van der Waals surface area contributed by atoms with Crippen LogP contribution in [0.25, 0.3) is 10.9 Å². The van der Waals surface area contributed by atoms with Crippen molar-refractivity contribution in [3.8, 4) is 6.07 Å². The molecule has 3 aromatic carbocycles. The second-order valence-electron chi connectivity index (χ2n) is 10.8. The summed E-state index contributed by atoms with van der Waals surface area (Å²) in [7, 11) is 0. The molecule has 9 heteroatoms. The molecule has 0 aliphatic carbocycles. The van der Waals surface area contributed by atoms with Crippen molar-refractivity contribution in [1.82, 2.24) is 20.0 Å². The van der Waals surface area contributed by atoms with E-state index in [1.165, 1.54) is 18.3 Å². The smallest absolute Gasteiger partial charge is 0.123 e. The molecule has 0 amide bonds. The zero-order chi connectivity index (χ0) is 30.1. The average Bonchev–Trinajstić information content (AvgIpc) is 3.49. The summed E-state index contributed by atoms with van der Waals surface area (Å²) in [4.78, 5) is 4.48. The first kappa shape index (κ1) is 26.7. The van der Waals surface area contributed by atoms with E-state index in [-0.39, 0.29) is 11.6 Å². The number of fused-ring (bicyclic) bond motifs is 1. The molecular weight excluding hydrogens is 537 g/mol. The van der Waals surface area contributed by atoms with Crippen molar-refractivity contribution in [2.75, 3.05) is 10.6 Å². The van der Waals surface area contributed by atoms with E-state index in [4.69, 9.17) is 11.6 Å². The molecule has 2 heterocycles. The van der Waals surface area contributed by atoms with E-state index < -0.39 is 11.8 Å². The number of benzene rings is 3.